The van der Waals surface area contributed by atoms with E-state index in [0.29, 0.717) is 0 Å². The van der Waals surface area contributed by atoms with Crippen LogP contribution in [0.1, 0.15) is 0 Å². The topological polar surface area (TPSA) is 34.1 Å². The Hall–Kier alpha value is -2.83. The average molecular weight is 785 g/mol. The van der Waals surface area contributed by atoms with Crippen LogP contribution >= 0.6 is 15.8 Å². The minimum atomic E-state index is -0.877. The van der Waals surface area contributed by atoms with Gasteiger partial charge in [0, 0.05) is 28.9 Å². The van der Waals surface area contributed by atoms with E-state index in [9.17, 15) is 0 Å². The molecule has 0 fully saturated rings. The molecule has 5 aromatic carbocycles. The van der Waals surface area contributed by atoms with Crippen molar-refractivity contribution in [3.8, 4) is 0 Å². The fourth-order valence-corrected chi connectivity index (χ4v) is 11.4. The molecule has 0 saturated heterocycles. The third-order valence-electron chi connectivity index (χ3n) is 6.16. The summed E-state index contributed by atoms with van der Waals surface area (Å²) in [7, 11) is -1.16. The first-order chi connectivity index (χ1) is 20.2. The van der Waals surface area contributed by atoms with E-state index in [2.05, 4.69) is 178 Å². The van der Waals surface area contributed by atoms with E-state index in [1.165, 1.54) is 38.7 Å². The molecule has 6 heteroatoms. The van der Waals surface area contributed by atoms with Gasteiger partial charge >= 0.3 is 0 Å². The molecule has 0 N–H and O–H groups in total. The first-order valence-electron chi connectivity index (χ1n) is 13.4. The van der Waals surface area contributed by atoms with Gasteiger partial charge in [0.15, 0.2) is 0 Å². The summed E-state index contributed by atoms with van der Waals surface area (Å²) >= 11 is 0. The summed E-state index contributed by atoms with van der Waals surface area (Å²) in [4.78, 5) is 15.5. The predicted molar refractivity (Wildman–Crippen MR) is 186 cm³/mol. The Kier molecular flexibility index (Phi) is 20.1. The summed E-state index contributed by atoms with van der Waals surface area (Å²) in [6.07, 6.45) is 1.34. The minimum Gasteiger partial charge on any atom is -0.545 e. The molecule has 0 heterocycles. The zero-order chi connectivity index (χ0) is 29.7. The summed E-state index contributed by atoms with van der Waals surface area (Å²) < 4.78 is 0. The van der Waals surface area contributed by atoms with Crippen molar-refractivity contribution in [3.63, 3.8) is 0 Å². The number of carbonyl (C=O) groups excluding carboxylic acids is 2. The zero-order valence-electron chi connectivity index (χ0n) is 24.1. The van der Waals surface area contributed by atoms with Crippen molar-refractivity contribution in [2.75, 3.05) is 6.16 Å². The van der Waals surface area contributed by atoms with Crippen LogP contribution in [0.4, 0.5) is 0 Å². The Balaban J connectivity index is 0.000000368. The van der Waals surface area contributed by atoms with E-state index in [0.717, 1.165) is 0 Å². The van der Waals surface area contributed by atoms with Crippen molar-refractivity contribution in [2.24, 2.45) is 0 Å². The second-order valence-electron chi connectivity index (χ2n) is 9.25. The van der Waals surface area contributed by atoms with Crippen LogP contribution in [-0.4, -0.2) is 28.5 Å². The SMILES string of the molecule is C[Si](C)CCP(c1ccccc1)c1ccccc1.[CH-]=O.[CH-]=O.[Ir].c1ccc([PH+](c2ccccc2)c2ccccc2)cc1. The Morgan fingerprint density at radius 1 is 0.500 bits per heavy atom. The molecular formula is C36H38IrO2P2Si-. The standard InChI is InChI=1S/C18H15P.C16H20PSi.2CHO.Ir/c1-4-10-16(11-5-1)19(17-12-6-2-7-13-17)18-14-8-3-9-15-18;1-18(2)14-13-17(15-9-5-3-6-10-15)16-11-7-4-8-12-16;2*1-2;/h1-15H;3-12H,13-14H2,1-2H3;2*1H;/q;;2*-1;/p+1. The number of hydrogen-bond donors (Lipinski definition) is 0. The number of hydrogen-bond acceptors (Lipinski definition) is 2. The summed E-state index contributed by atoms with van der Waals surface area (Å²) in [5, 5.41) is 7.34. The van der Waals surface area contributed by atoms with E-state index in [-0.39, 0.29) is 36.8 Å². The number of benzene rings is 5. The largest absolute Gasteiger partial charge is 0.545 e. The van der Waals surface area contributed by atoms with Crippen molar-refractivity contribution >= 4 is 64.7 Å². The summed E-state index contributed by atoms with van der Waals surface area (Å²) in [5.41, 5.74) is 0. The van der Waals surface area contributed by atoms with E-state index in [4.69, 9.17) is 9.59 Å². The molecule has 218 valence electrons. The molecule has 0 aliphatic carbocycles. The summed E-state index contributed by atoms with van der Waals surface area (Å²) in [6.45, 7) is 11.3. The second-order valence-corrected chi connectivity index (χ2v) is 17.0. The van der Waals surface area contributed by atoms with Crippen molar-refractivity contribution in [2.45, 2.75) is 19.1 Å². The van der Waals surface area contributed by atoms with Gasteiger partial charge in [-0.15, -0.1) is 0 Å². The molecule has 0 atom stereocenters. The van der Waals surface area contributed by atoms with Gasteiger partial charge in [-0.3, -0.25) is 13.6 Å². The van der Waals surface area contributed by atoms with Gasteiger partial charge in [0.1, 0.15) is 15.9 Å². The van der Waals surface area contributed by atoms with Gasteiger partial charge in [-0.05, 0) is 61.1 Å². The van der Waals surface area contributed by atoms with Crippen LogP contribution in [0, 0.1) is 0 Å². The maximum Gasteiger partial charge on any atom is 0.102 e. The summed E-state index contributed by atoms with van der Waals surface area (Å²) in [6, 6.07) is 55.9. The quantitative estimate of drug-likeness (QED) is 0.0781. The third-order valence-corrected chi connectivity index (χ3v) is 13.1. The fraction of sp³-hybridized carbons (Fsp3) is 0.111. The van der Waals surface area contributed by atoms with Crippen molar-refractivity contribution in [1.82, 2.24) is 0 Å². The molecule has 0 unspecified atom stereocenters. The Morgan fingerprint density at radius 2 is 0.762 bits per heavy atom. The molecule has 0 bridgehead atoms. The van der Waals surface area contributed by atoms with Gasteiger partial charge < -0.3 is 9.59 Å². The molecule has 0 aliphatic rings. The molecule has 0 aliphatic heterocycles. The molecule has 2 nitrogen and oxygen atoms in total. The normalized spacial score (nSPS) is 9.74. The van der Waals surface area contributed by atoms with E-state index < -0.39 is 7.92 Å². The van der Waals surface area contributed by atoms with Crippen LogP contribution in [0.5, 0.6) is 0 Å². The third kappa shape index (κ3) is 12.6. The van der Waals surface area contributed by atoms with E-state index in [1.807, 2.05) is 0 Å². The molecular weight excluding hydrogens is 747 g/mol. The Bertz CT molecular complexity index is 1190. The van der Waals surface area contributed by atoms with Crippen LogP contribution in [0.3, 0.4) is 0 Å². The Morgan fingerprint density at radius 3 is 1.02 bits per heavy atom. The van der Waals surface area contributed by atoms with E-state index in [1.54, 1.807) is 0 Å². The molecule has 0 spiro atoms. The Labute approximate surface area is 270 Å². The van der Waals surface area contributed by atoms with Crippen molar-refractivity contribution in [1.29, 1.82) is 0 Å². The monoisotopic (exact) mass is 785 g/mol. The molecule has 0 amide bonds. The van der Waals surface area contributed by atoms with E-state index >= 15 is 0 Å². The summed E-state index contributed by atoms with van der Waals surface area (Å²) in [5.74, 6) is 0. The van der Waals surface area contributed by atoms with Crippen molar-refractivity contribution in [3.05, 3.63) is 152 Å². The molecule has 0 aromatic heterocycles. The second kappa shape index (κ2) is 22.7. The fourth-order valence-electron chi connectivity index (χ4n) is 4.27. The van der Waals surface area contributed by atoms with Gasteiger partial charge in [-0.1, -0.05) is 134 Å². The molecule has 0 saturated carbocycles. The van der Waals surface area contributed by atoms with Crippen LogP contribution in [0.2, 0.25) is 19.1 Å². The predicted octanol–water partition coefficient (Wildman–Crippen LogP) is 6.50. The van der Waals surface area contributed by atoms with Gasteiger partial charge in [0.2, 0.25) is 0 Å². The first-order valence-corrected chi connectivity index (χ1v) is 19.1. The first kappa shape index (κ1) is 37.2. The van der Waals surface area contributed by atoms with Gasteiger partial charge in [0.25, 0.3) is 0 Å². The molecule has 2 radical (unpaired) electrons. The zero-order valence-corrected chi connectivity index (χ0v) is 29.4. The molecule has 5 aromatic rings. The molecule has 5 rings (SSSR count). The van der Waals surface area contributed by atoms with Crippen LogP contribution in [-0.2, 0) is 29.7 Å². The van der Waals surface area contributed by atoms with Crippen LogP contribution in [0.25, 0.3) is 0 Å². The minimum absolute atomic E-state index is 0. The van der Waals surface area contributed by atoms with Gasteiger partial charge in [-0.2, -0.15) is 0 Å². The van der Waals surface area contributed by atoms with Crippen molar-refractivity contribution < 1.29 is 29.7 Å². The van der Waals surface area contributed by atoms with Gasteiger partial charge in [-0.25, -0.2) is 0 Å². The average Bonchev–Trinajstić information content (AvgIpc) is 3.06. The number of rotatable bonds is 8. The van der Waals surface area contributed by atoms with Crippen LogP contribution < -0.4 is 26.5 Å². The van der Waals surface area contributed by atoms with Gasteiger partial charge in [0.05, 0.1) is 7.92 Å². The molecule has 42 heavy (non-hydrogen) atoms. The smallest absolute Gasteiger partial charge is 0.102 e. The maximum atomic E-state index is 7.75. The maximum absolute atomic E-state index is 7.75. The van der Waals surface area contributed by atoms with Crippen LogP contribution in [0.15, 0.2) is 152 Å².